The molecule has 0 atom stereocenters. The van der Waals surface area contributed by atoms with Gasteiger partial charge in [0.05, 0.1) is 11.6 Å². The van der Waals surface area contributed by atoms with E-state index < -0.39 is 0 Å². The number of allylic oxidation sites excluding steroid dienone is 1. The van der Waals surface area contributed by atoms with E-state index in [0.29, 0.717) is 0 Å². The minimum atomic E-state index is -0.225. The van der Waals surface area contributed by atoms with Gasteiger partial charge in [0.25, 0.3) is 0 Å². The quantitative estimate of drug-likeness (QED) is 0.508. The molecule has 2 aromatic rings. The molecule has 0 fully saturated rings. The van der Waals surface area contributed by atoms with Crippen LogP contribution in [0.15, 0.2) is 54.6 Å². The van der Waals surface area contributed by atoms with E-state index >= 15 is 0 Å². The summed E-state index contributed by atoms with van der Waals surface area (Å²) in [6, 6.07) is 18.7. The summed E-state index contributed by atoms with van der Waals surface area (Å²) in [7, 11) is 2.18. The number of halogens is 1. The van der Waals surface area contributed by atoms with Crippen LogP contribution in [-0.4, -0.2) is 10.6 Å². The SMILES string of the molecule is CN1I=C(C=Cc2ccccc2C#N)C(C)(C)c2ccccc21. The summed E-state index contributed by atoms with van der Waals surface area (Å²) in [6.07, 6.45) is 4.33. The minimum Gasteiger partial charge on any atom is -0.323 e. The Hall–Kier alpha value is -1.93. The van der Waals surface area contributed by atoms with Gasteiger partial charge in [-0.3, -0.25) is 0 Å². The Balaban J connectivity index is 2.01. The average Bonchev–Trinajstić information content (AvgIpc) is 2.57. The van der Waals surface area contributed by atoms with Gasteiger partial charge in [0.2, 0.25) is 0 Å². The van der Waals surface area contributed by atoms with Crippen molar-refractivity contribution >= 4 is 36.3 Å². The smallest absolute Gasteiger partial charge is 0.0997 e. The fourth-order valence-electron chi connectivity index (χ4n) is 2.83. The van der Waals surface area contributed by atoms with Gasteiger partial charge in [0.1, 0.15) is 0 Å². The van der Waals surface area contributed by atoms with Gasteiger partial charge in [-0.05, 0) is 23.3 Å². The first-order valence-electron chi connectivity index (χ1n) is 7.57. The van der Waals surface area contributed by atoms with Crippen molar-refractivity contribution in [3.63, 3.8) is 0 Å². The van der Waals surface area contributed by atoms with Gasteiger partial charge in [-0.1, -0.05) is 62.4 Å². The fourth-order valence-corrected chi connectivity index (χ4v) is 5.53. The van der Waals surface area contributed by atoms with Gasteiger partial charge in [0.15, 0.2) is 0 Å². The molecule has 0 bridgehead atoms. The standard InChI is InChI=1S/C20H19IN2/c1-20(2)17-10-6-7-11-18(17)23(3)21-19(20)13-12-15-8-4-5-9-16(15)14-22/h4-13H,1-3H3. The maximum Gasteiger partial charge on any atom is 0.0997 e. The number of hydrogen-bond donors (Lipinski definition) is 0. The number of nitrogens with zero attached hydrogens (tertiary/aromatic N) is 2. The molecule has 0 spiro atoms. The molecule has 0 aliphatic carbocycles. The Morgan fingerprint density at radius 2 is 1.74 bits per heavy atom. The topological polar surface area (TPSA) is 27.0 Å². The highest BCUT2D eigenvalue weighted by Gasteiger charge is 2.32. The zero-order valence-corrected chi connectivity index (χ0v) is 15.7. The van der Waals surface area contributed by atoms with Crippen molar-refractivity contribution in [1.29, 1.82) is 5.26 Å². The Bertz CT molecular complexity index is 841. The highest BCUT2D eigenvalue weighted by Crippen LogP contribution is 2.42. The number of nitriles is 1. The summed E-state index contributed by atoms with van der Waals surface area (Å²) >= 11 is -0.225. The third kappa shape index (κ3) is 2.96. The molecule has 0 aromatic heterocycles. The Labute approximate surface area is 148 Å². The average molecular weight is 414 g/mol. The van der Waals surface area contributed by atoms with Crippen molar-refractivity contribution in [1.82, 2.24) is 0 Å². The van der Waals surface area contributed by atoms with Gasteiger partial charge >= 0.3 is 0 Å². The molecular formula is C20H19IN2. The molecule has 23 heavy (non-hydrogen) atoms. The van der Waals surface area contributed by atoms with Crippen LogP contribution in [0.3, 0.4) is 0 Å². The van der Waals surface area contributed by atoms with Crippen molar-refractivity contribution in [2.75, 3.05) is 10.2 Å². The van der Waals surface area contributed by atoms with Gasteiger partial charge in [-0.2, -0.15) is 5.26 Å². The van der Waals surface area contributed by atoms with Crippen LogP contribution in [0.1, 0.15) is 30.5 Å². The van der Waals surface area contributed by atoms with Crippen molar-refractivity contribution in [2.45, 2.75) is 19.3 Å². The summed E-state index contributed by atoms with van der Waals surface area (Å²) in [5.74, 6) is 0. The number of rotatable bonds is 2. The molecule has 116 valence electrons. The van der Waals surface area contributed by atoms with E-state index in [9.17, 15) is 5.26 Å². The second-order valence-corrected chi connectivity index (χ2v) is 9.18. The Morgan fingerprint density at radius 3 is 2.52 bits per heavy atom. The van der Waals surface area contributed by atoms with E-state index in [1.165, 1.54) is 14.8 Å². The first-order chi connectivity index (χ1) is 11.0. The van der Waals surface area contributed by atoms with E-state index in [0.717, 1.165) is 11.1 Å². The molecule has 0 saturated carbocycles. The number of hydrogen-bond acceptors (Lipinski definition) is 2. The highest BCUT2D eigenvalue weighted by atomic mass is 127. The van der Waals surface area contributed by atoms with Crippen LogP contribution in [0.2, 0.25) is 0 Å². The molecule has 0 radical (unpaired) electrons. The molecule has 3 heteroatoms. The van der Waals surface area contributed by atoms with Crippen molar-refractivity contribution in [3.8, 4) is 6.07 Å². The van der Waals surface area contributed by atoms with E-state index in [1.807, 2.05) is 24.3 Å². The summed E-state index contributed by atoms with van der Waals surface area (Å²) in [5.41, 5.74) is 4.48. The molecule has 3 rings (SSSR count). The zero-order valence-electron chi connectivity index (χ0n) is 13.5. The molecule has 0 amide bonds. The van der Waals surface area contributed by atoms with Crippen molar-refractivity contribution in [3.05, 3.63) is 71.3 Å². The molecule has 1 heterocycles. The number of anilines is 1. The largest absolute Gasteiger partial charge is 0.323 e. The summed E-state index contributed by atoms with van der Waals surface area (Å²) < 4.78 is 3.86. The number of para-hydroxylation sites is 1. The predicted molar refractivity (Wildman–Crippen MR) is 107 cm³/mol. The van der Waals surface area contributed by atoms with E-state index in [-0.39, 0.29) is 26.4 Å². The molecular weight excluding hydrogens is 395 g/mol. The van der Waals surface area contributed by atoms with Gasteiger partial charge in [0, 0.05) is 42.7 Å². The van der Waals surface area contributed by atoms with Crippen LogP contribution in [0.4, 0.5) is 5.69 Å². The van der Waals surface area contributed by atoms with Crippen LogP contribution >= 0.6 is 21.0 Å². The van der Waals surface area contributed by atoms with Crippen LogP contribution in [0.5, 0.6) is 0 Å². The normalized spacial score (nSPS) is 16.3. The third-order valence-corrected chi connectivity index (χ3v) is 7.69. The van der Waals surface area contributed by atoms with Gasteiger partial charge in [-0.25, -0.2) is 0 Å². The molecule has 2 aromatic carbocycles. The Morgan fingerprint density at radius 1 is 1.04 bits per heavy atom. The predicted octanol–water partition coefficient (Wildman–Crippen LogP) is 5.06. The summed E-state index contributed by atoms with van der Waals surface area (Å²) in [6.45, 7) is 4.60. The third-order valence-electron chi connectivity index (χ3n) is 4.21. The fraction of sp³-hybridized carbons (Fsp3) is 0.200. The first-order valence-corrected chi connectivity index (χ1v) is 9.61. The van der Waals surface area contributed by atoms with Gasteiger partial charge in [-0.15, -0.1) is 0 Å². The minimum absolute atomic E-state index is 0.0362. The molecule has 0 N–H and O–H groups in total. The lowest BCUT2D eigenvalue weighted by Gasteiger charge is -2.36. The maximum absolute atomic E-state index is 9.24. The van der Waals surface area contributed by atoms with E-state index in [2.05, 4.69) is 66.5 Å². The highest BCUT2D eigenvalue weighted by molar-refractivity contribution is 14.2. The molecule has 1 aliphatic heterocycles. The van der Waals surface area contributed by atoms with E-state index in [4.69, 9.17) is 0 Å². The van der Waals surface area contributed by atoms with Crippen LogP contribution in [0.25, 0.3) is 6.08 Å². The van der Waals surface area contributed by atoms with Crippen LogP contribution in [0, 0.1) is 11.3 Å². The van der Waals surface area contributed by atoms with Crippen molar-refractivity contribution < 1.29 is 0 Å². The Kier molecular flexibility index (Phi) is 4.36. The number of benzene rings is 2. The molecule has 2 nitrogen and oxygen atoms in total. The van der Waals surface area contributed by atoms with E-state index in [1.54, 1.807) is 0 Å². The summed E-state index contributed by atoms with van der Waals surface area (Å²) in [5, 5.41) is 9.24. The van der Waals surface area contributed by atoms with Crippen molar-refractivity contribution in [2.24, 2.45) is 0 Å². The van der Waals surface area contributed by atoms with Crippen LogP contribution in [-0.2, 0) is 5.41 Å². The lowest BCUT2D eigenvalue weighted by Crippen LogP contribution is -2.32. The first kappa shape index (κ1) is 15.9. The monoisotopic (exact) mass is 414 g/mol. The second kappa shape index (κ2) is 6.29. The van der Waals surface area contributed by atoms with Crippen LogP contribution < -0.4 is 3.11 Å². The van der Waals surface area contributed by atoms with Gasteiger partial charge < -0.3 is 3.11 Å². The lowest BCUT2D eigenvalue weighted by molar-refractivity contribution is 0.733. The maximum atomic E-state index is 9.24. The zero-order chi connectivity index (χ0) is 16.4. The molecule has 0 unspecified atom stereocenters. The molecule has 0 saturated heterocycles. The lowest BCUT2D eigenvalue weighted by atomic mass is 9.80. The summed E-state index contributed by atoms with van der Waals surface area (Å²) in [4.78, 5) is 0. The molecule has 1 aliphatic rings. The number of fused-ring (bicyclic) bond motifs is 1. The second-order valence-electron chi connectivity index (χ2n) is 6.08.